The molecular formula is C20H34N8O7. The van der Waals surface area contributed by atoms with Crippen molar-refractivity contribution in [3.05, 3.63) is 0 Å². The highest BCUT2D eigenvalue weighted by atomic mass is 16.2. The number of nitrogens with two attached hydrogens (primary N) is 2. The molecule has 1 unspecified atom stereocenters. The van der Waals surface area contributed by atoms with Crippen LogP contribution in [0, 0.1) is 0 Å². The molecule has 10 N–H and O–H groups in total. The van der Waals surface area contributed by atoms with E-state index in [4.69, 9.17) is 11.5 Å². The molecule has 6 atom stereocenters. The molecule has 0 aromatic heterocycles. The van der Waals surface area contributed by atoms with Crippen molar-refractivity contribution in [1.29, 1.82) is 0 Å². The van der Waals surface area contributed by atoms with Gasteiger partial charge in [-0.05, 0) is 40.5 Å². The Morgan fingerprint density at radius 2 is 1.51 bits per heavy atom. The maximum absolute atomic E-state index is 12.8. The Hall–Kier alpha value is -3.75. The van der Waals surface area contributed by atoms with Crippen LogP contribution in [0.1, 0.15) is 40.5 Å². The van der Waals surface area contributed by atoms with E-state index in [0.717, 1.165) is 0 Å². The molecule has 1 aliphatic heterocycles. The van der Waals surface area contributed by atoms with E-state index in [1.54, 1.807) is 0 Å². The van der Waals surface area contributed by atoms with E-state index < -0.39 is 84.1 Å². The Labute approximate surface area is 202 Å². The third-order valence-electron chi connectivity index (χ3n) is 5.16. The molecule has 15 nitrogen and oxygen atoms in total. The predicted molar refractivity (Wildman–Crippen MR) is 122 cm³/mol. The first-order valence-electron chi connectivity index (χ1n) is 11.1. The van der Waals surface area contributed by atoms with Crippen LogP contribution in [0.25, 0.3) is 0 Å². The molecule has 196 valence electrons. The molecule has 0 aromatic carbocycles. The number of carbonyl (C=O) groups excluding carboxylic acids is 7. The quantitative estimate of drug-likeness (QED) is 0.182. The van der Waals surface area contributed by atoms with E-state index in [-0.39, 0.29) is 12.8 Å². The average molecular weight is 499 g/mol. The number of nitrogens with one attached hydrogen (secondary N) is 6. The summed E-state index contributed by atoms with van der Waals surface area (Å²) in [6.07, 6.45) is -0.315. The van der Waals surface area contributed by atoms with Gasteiger partial charge in [0.05, 0.1) is 12.6 Å². The van der Waals surface area contributed by atoms with Gasteiger partial charge in [0.1, 0.15) is 30.2 Å². The number of amides is 7. The Morgan fingerprint density at radius 1 is 0.914 bits per heavy atom. The first kappa shape index (κ1) is 29.3. The van der Waals surface area contributed by atoms with Gasteiger partial charge in [0.25, 0.3) is 0 Å². The standard InChI is InChI=1S/C20H34N8O7/c1-8(21)16(31)27-12-5-6-13(19(34)25-9(2)15(22)30)28-18(33)11(4)24-14(29)7-23-17(32)10(3)26-20(12)35/h8-13H,5-7,21H2,1-4H3,(H2,22,30)(H,23,32)(H,24,29)(H,25,34)(H,26,35)(H,27,31)(H,28,33)/t8-,9?,10-,11-,12-,13-/m0/s1. The third kappa shape index (κ3) is 9.56. The van der Waals surface area contributed by atoms with Gasteiger partial charge in [0, 0.05) is 0 Å². The van der Waals surface area contributed by atoms with Gasteiger partial charge in [-0.1, -0.05) is 0 Å². The zero-order valence-corrected chi connectivity index (χ0v) is 20.1. The summed E-state index contributed by atoms with van der Waals surface area (Å²) in [4.78, 5) is 86.0. The fourth-order valence-electron chi connectivity index (χ4n) is 2.91. The summed E-state index contributed by atoms with van der Waals surface area (Å²) in [5.41, 5.74) is 10.7. The summed E-state index contributed by atoms with van der Waals surface area (Å²) in [5.74, 6) is -5.07. The minimum Gasteiger partial charge on any atom is -0.368 e. The maximum atomic E-state index is 12.8. The van der Waals surface area contributed by atoms with Crippen molar-refractivity contribution >= 4 is 41.4 Å². The molecule has 0 aromatic rings. The van der Waals surface area contributed by atoms with Gasteiger partial charge in [-0.3, -0.25) is 33.6 Å². The van der Waals surface area contributed by atoms with Crippen LogP contribution in [0.5, 0.6) is 0 Å². The zero-order valence-electron chi connectivity index (χ0n) is 20.1. The Morgan fingerprint density at radius 3 is 2.09 bits per heavy atom. The summed E-state index contributed by atoms with van der Waals surface area (Å²) in [5, 5.41) is 14.4. The average Bonchev–Trinajstić information content (AvgIpc) is 2.77. The minimum absolute atomic E-state index is 0.150. The van der Waals surface area contributed by atoms with Gasteiger partial charge in [0.15, 0.2) is 0 Å². The monoisotopic (exact) mass is 498 g/mol. The molecule has 35 heavy (non-hydrogen) atoms. The van der Waals surface area contributed by atoms with Crippen molar-refractivity contribution in [2.75, 3.05) is 6.54 Å². The molecule has 1 fully saturated rings. The number of hydrogen-bond acceptors (Lipinski definition) is 8. The van der Waals surface area contributed by atoms with E-state index in [0.29, 0.717) is 0 Å². The second kappa shape index (κ2) is 13.2. The first-order valence-corrected chi connectivity index (χ1v) is 11.1. The van der Waals surface area contributed by atoms with Crippen LogP contribution in [0.2, 0.25) is 0 Å². The van der Waals surface area contributed by atoms with Gasteiger partial charge in [-0.2, -0.15) is 0 Å². The topological polar surface area (TPSA) is 244 Å². The molecule has 15 heteroatoms. The highest BCUT2D eigenvalue weighted by Gasteiger charge is 2.31. The van der Waals surface area contributed by atoms with Crippen molar-refractivity contribution in [1.82, 2.24) is 31.9 Å². The summed E-state index contributed by atoms with van der Waals surface area (Å²) in [6, 6.07) is -6.63. The fraction of sp³-hybridized carbons (Fsp3) is 0.650. The second-order valence-electron chi connectivity index (χ2n) is 8.36. The highest BCUT2D eigenvalue weighted by molar-refractivity contribution is 5.96. The number of rotatable bonds is 5. The molecule has 0 spiro atoms. The van der Waals surface area contributed by atoms with E-state index in [9.17, 15) is 33.6 Å². The smallest absolute Gasteiger partial charge is 0.243 e. The largest absolute Gasteiger partial charge is 0.368 e. The molecule has 0 saturated carbocycles. The summed E-state index contributed by atoms with van der Waals surface area (Å²) in [7, 11) is 0. The lowest BCUT2D eigenvalue weighted by molar-refractivity contribution is -0.133. The van der Waals surface area contributed by atoms with Crippen molar-refractivity contribution < 1.29 is 33.6 Å². The Kier molecular flexibility index (Phi) is 11.1. The first-order chi connectivity index (χ1) is 16.2. The number of carbonyl (C=O) groups is 7. The molecule has 1 saturated heterocycles. The normalized spacial score (nSPS) is 26.3. The molecular weight excluding hydrogens is 464 g/mol. The molecule has 1 rings (SSSR count). The highest BCUT2D eigenvalue weighted by Crippen LogP contribution is 2.06. The number of hydrogen-bond donors (Lipinski definition) is 8. The van der Waals surface area contributed by atoms with E-state index in [1.807, 2.05) is 0 Å². The van der Waals surface area contributed by atoms with E-state index in [2.05, 4.69) is 31.9 Å². The summed E-state index contributed by atoms with van der Waals surface area (Å²) in [6.45, 7) is 5.03. The van der Waals surface area contributed by atoms with Crippen LogP contribution < -0.4 is 43.4 Å². The molecule has 0 bridgehead atoms. The van der Waals surface area contributed by atoms with Gasteiger partial charge < -0.3 is 43.4 Å². The van der Waals surface area contributed by atoms with E-state index >= 15 is 0 Å². The van der Waals surface area contributed by atoms with Crippen LogP contribution in [-0.2, 0) is 33.6 Å². The van der Waals surface area contributed by atoms with Gasteiger partial charge in [0.2, 0.25) is 41.4 Å². The molecule has 0 radical (unpaired) electrons. The summed E-state index contributed by atoms with van der Waals surface area (Å²) >= 11 is 0. The van der Waals surface area contributed by atoms with Gasteiger partial charge in [-0.15, -0.1) is 0 Å². The Bertz CT molecular complexity index is 862. The van der Waals surface area contributed by atoms with Crippen molar-refractivity contribution in [3.8, 4) is 0 Å². The molecule has 1 aliphatic rings. The molecule has 0 aliphatic carbocycles. The van der Waals surface area contributed by atoms with Crippen molar-refractivity contribution in [2.24, 2.45) is 11.5 Å². The van der Waals surface area contributed by atoms with Crippen LogP contribution in [0.3, 0.4) is 0 Å². The lowest BCUT2D eigenvalue weighted by Gasteiger charge is -2.25. The fourth-order valence-corrected chi connectivity index (χ4v) is 2.91. The van der Waals surface area contributed by atoms with Crippen LogP contribution in [0.15, 0.2) is 0 Å². The lowest BCUT2D eigenvalue weighted by Crippen LogP contribution is -2.56. The van der Waals surface area contributed by atoms with Gasteiger partial charge >= 0.3 is 0 Å². The van der Waals surface area contributed by atoms with Crippen molar-refractivity contribution in [2.45, 2.75) is 76.8 Å². The zero-order chi connectivity index (χ0) is 26.9. The number of primary amides is 1. The molecule has 7 amide bonds. The SMILES string of the molecule is CC(NC(=O)[C@@H]1CC[C@H](NC(=O)[C@H](C)N)C(=O)N[C@@H](C)C(=O)NCC(=O)N[C@@H](C)C(=O)N1)C(N)=O. The van der Waals surface area contributed by atoms with Crippen LogP contribution >= 0.6 is 0 Å². The van der Waals surface area contributed by atoms with Crippen LogP contribution in [0.4, 0.5) is 0 Å². The third-order valence-corrected chi connectivity index (χ3v) is 5.16. The van der Waals surface area contributed by atoms with Gasteiger partial charge in [-0.25, -0.2) is 0 Å². The van der Waals surface area contributed by atoms with Crippen molar-refractivity contribution in [3.63, 3.8) is 0 Å². The summed E-state index contributed by atoms with van der Waals surface area (Å²) < 4.78 is 0. The second-order valence-corrected chi connectivity index (χ2v) is 8.36. The minimum atomic E-state index is -1.26. The van der Waals surface area contributed by atoms with E-state index in [1.165, 1.54) is 27.7 Å². The predicted octanol–water partition coefficient (Wildman–Crippen LogP) is -4.79. The Balaban J connectivity index is 3.25. The lowest BCUT2D eigenvalue weighted by atomic mass is 10.0. The van der Waals surface area contributed by atoms with Crippen LogP contribution in [-0.4, -0.2) is 84.1 Å². The maximum Gasteiger partial charge on any atom is 0.243 e. The molecule has 1 heterocycles.